The van der Waals surface area contributed by atoms with E-state index in [9.17, 15) is 17.6 Å². The maximum absolute atomic E-state index is 14.1. The molecule has 6 nitrogen and oxygen atoms in total. The Hall–Kier alpha value is -2.75. The Morgan fingerprint density at radius 3 is 2.73 bits per heavy atom. The molecular weight excluding hydrogens is 400 g/mol. The minimum atomic E-state index is -4.34. The van der Waals surface area contributed by atoms with Crippen LogP contribution in [0.15, 0.2) is 36.8 Å². The zero-order chi connectivity index (χ0) is 20.9. The van der Waals surface area contributed by atoms with Crippen LogP contribution < -0.4 is 10.6 Å². The van der Waals surface area contributed by atoms with Crippen molar-refractivity contribution in [3.05, 3.63) is 42.5 Å². The summed E-state index contributed by atoms with van der Waals surface area (Å²) in [5.74, 6) is 0.502. The van der Waals surface area contributed by atoms with E-state index in [0.717, 1.165) is 0 Å². The Morgan fingerprint density at radius 1 is 1.17 bits per heavy atom. The summed E-state index contributed by atoms with van der Waals surface area (Å²) in [5.41, 5.74) is -0.366. The SMILES string of the molecule is FC1CCNCC1Nc1cccc(-c2cnc3cnc(C4(C(F)(F)F)CC4)cn23)n1. The van der Waals surface area contributed by atoms with Gasteiger partial charge in [0.2, 0.25) is 0 Å². The van der Waals surface area contributed by atoms with Gasteiger partial charge in [-0.3, -0.25) is 9.38 Å². The summed E-state index contributed by atoms with van der Waals surface area (Å²) in [6.45, 7) is 1.14. The molecule has 5 rings (SSSR count). The van der Waals surface area contributed by atoms with E-state index in [1.54, 1.807) is 28.8 Å². The zero-order valence-electron chi connectivity index (χ0n) is 16.0. The Labute approximate surface area is 169 Å². The molecule has 2 aliphatic rings. The van der Waals surface area contributed by atoms with E-state index < -0.39 is 17.8 Å². The number of pyridine rings is 1. The molecule has 30 heavy (non-hydrogen) atoms. The van der Waals surface area contributed by atoms with Crippen molar-refractivity contribution in [1.29, 1.82) is 0 Å². The van der Waals surface area contributed by atoms with E-state index in [1.165, 1.54) is 12.4 Å². The Kier molecular flexibility index (Phi) is 4.42. The molecule has 0 radical (unpaired) electrons. The first-order chi connectivity index (χ1) is 14.4. The van der Waals surface area contributed by atoms with Gasteiger partial charge in [-0.15, -0.1) is 0 Å². The van der Waals surface area contributed by atoms with Gasteiger partial charge in [0, 0.05) is 12.7 Å². The van der Waals surface area contributed by atoms with Crippen LogP contribution in [0, 0.1) is 0 Å². The minimum absolute atomic E-state index is 0.00965. The molecule has 2 unspecified atom stereocenters. The van der Waals surface area contributed by atoms with Crippen LogP contribution in [0.1, 0.15) is 25.0 Å². The number of aromatic nitrogens is 4. The van der Waals surface area contributed by atoms with Crippen molar-refractivity contribution in [3.63, 3.8) is 0 Å². The second-order valence-corrected chi connectivity index (χ2v) is 7.89. The molecule has 1 aliphatic carbocycles. The third-order valence-corrected chi connectivity index (χ3v) is 5.92. The van der Waals surface area contributed by atoms with E-state index in [4.69, 9.17) is 0 Å². The molecule has 0 amide bonds. The molecular formula is C20H20F4N6. The third-order valence-electron chi connectivity index (χ3n) is 5.92. The number of piperidine rings is 1. The summed E-state index contributed by atoms with van der Waals surface area (Å²) in [5, 5.41) is 6.25. The maximum atomic E-state index is 14.1. The molecule has 1 saturated carbocycles. The van der Waals surface area contributed by atoms with Crippen LogP contribution in [0.3, 0.4) is 0 Å². The fourth-order valence-corrected chi connectivity index (χ4v) is 3.95. The fraction of sp³-hybridized carbons (Fsp3) is 0.450. The van der Waals surface area contributed by atoms with Crippen LogP contribution in [0.4, 0.5) is 23.4 Å². The first kappa shape index (κ1) is 19.2. The van der Waals surface area contributed by atoms with Crippen LogP contribution in [-0.4, -0.2) is 50.8 Å². The van der Waals surface area contributed by atoms with Crippen molar-refractivity contribution in [2.75, 3.05) is 18.4 Å². The molecule has 10 heteroatoms. The zero-order valence-corrected chi connectivity index (χ0v) is 16.0. The number of nitrogens with zero attached hydrogens (tertiary/aromatic N) is 4. The molecule has 3 aromatic heterocycles. The lowest BCUT2D eigenvalue weighted by molar-refractivity contribution is -0.161. The first-order valence-electron chi connectivity index (χ1n) is 9.86. The van der Waals surface area contributed by atoms with Gasteiger partial charge in [0.05, 0.1) is 35.5 Å². The number of imidazole rings is 1. The second kappa shape index (κ2) is 6.90. The van der Waals surface area contributed by atoms with Crippen molar-refractivity contribution in [2.24, 2.45) is 0 Å². The molecule has 2 N–H and O–H groups in total. The lowest BCUT2D eigenvalue weighted by Crippen LogP contribution is -2.46. The number of rotatable bonds is 4. The third kappa shape index (κ3) is 3.19. The van der Waals surface area contributed by atoms with Gasteiger partial charge < -0.3 is 10.6 Å². The molecule has 0 spiro atoms. The topological polar surface area (TPSA) is 67.1 Å². The Balaban J connectivity index is 1.49. The number of hydrogen-bond acceptors (Lipinski definition) is 5. The van der Waals surface area contributed by atoms with Crippen LogP contribution in [0.25, 0.3) is 17.0 Å². The molecule has 3 aromatic rings. The van der Waals surface area contributed by atoms with Crippen LogP contribution in [-0.2, 0) is 5.41 Å². The van der Waals surface area contributed by atoms with Crippen LogP contribution in [0.5, 0.6) is 0 Å². The standard InChI is InChI=1S/C20H20F4N6/c21-12-4-7-25-8-14(12)29-17-3-1-2-13(28-17)15-9-27-18-10-26-16(11-30(15)18)19(5-6-19)20(22,23)24/h1-3,9-12,14,25H,4-8H2,(H,28,29). The molecule has 0 bridgehead atoms. The molecule has 2 fully saturated rings. The fourth-order valence-electron chi connectivity index (χ4n) is 3.95. The normalized spacial score (nSPS) is 23.5. The van der Waals surface area contributed by atoms with E-state index in [-0.39, 0.29) is 24.6 Å². The Bertz CT molecular complexity index is 1070. The summed E-state index contributed by atoms with van der Waals surface area (Å²) >= 11 is 0. The molecule has 4 heterocycles. The highest BCUT2D eigenvalue weighted by atomic mass is 19.4. The number of anilines is 1. The predicted octanol–water partition coefficient (Wildman–Crippen LogP) is 3.50. The predicted molar refractivity (Wildman–Crippen MR) is 103 cm³/mol. The monoisotopic (exact) mass is 420 g/mol. The summed E-state index contributed by atoms with van der Waals surface area (Å²) in [6, 6.07) is 4.87. The van der Waals surface area contributed by atoms with Gasteiger partial charge in [-0.1, -0.05) is 6.07 Å². The quantitative estimate of drug-likeness (QED) is 0.633. The molecule has 1 aliphatic heterocycles. The van der Waals surface area contributed by atoms with Gasteiger partial charge in [-0.05, 0) is 37.9 Å². The summed E-state index contributed by atoms with van der Waals surface area (Å²) in [4.78, 5) is 12.8. The van der Waals surface area contributed by atoms with Crippen molar-refractivity contribution >= 4 is 11.5 Å². The average molecular weight is 420 g/mol. The van der Waals surface area contributed by atoms with Crippen molar-refractivity contribution in [3.8, 4) is 11.4 Å². The largest absolute Gasteiger partial charge is 0.399 e. The van der Waals surface area contributed by atoms with E-state index in [2.05, 4.69) is 25.6 Å². The van der Waals surface area contributed by atoms with Crippen LogP contribution >= 0.6 is 0 Å². The number of fused-ring (bicyclic) bond motifs is 1. The lowest BCUT2D eigenvalue weighted by atomic mass is 10.0. The summed E-state index contributed by atoms with van der Waals surface area (Å²) in [6.07, 6.45) is -0.489. The smallest absolute Gasteiger partial charge is 0.363 e. The number of hydrogen-bond donors (Lipinski definition) is 2. The summed E-state index contributed by atoms with van der Waals surface area (Å²) in [7, 11) is 0. The molecule has 2 atom stereocenters. The van der Waals surface area contributed by atoms with Crippen molar-refractivity contribution in [1.82, 2.24) is 24.7 Å². The highest BCUT2D eigenvalue weighted by Gasteiger charge is 2.65. The van der Waals surface area contributed by atoms with E-state index in [0.29, 0.717) is 42.4 Å². The van der Waals surface area contributed by atoms with E-state index in [1.807, 2.05) is 0 Å². The van der Waals surface area contributed by atoms with Gasteiger partial charge in [-0.25, -0.2) is 14.4 Å². The van der Waals surface area contributed by atoms with Gasteiger partial charge in [-0.2, -0.15) is 13.2 Å². The van der Waals surface area contributed by atoms with Crippen LogP contribution in [0.2, 0.25) is 0 Å². The van der Waals surface area contributed by atoms with E-state index >= 15 is 0 Å². The average Bonchev–Trinajstić information content (AvgIpc) is 3.44. The molecule has 0 aromatic carbocycles. The first-order valence-corrected chi connectivity index (χ1v) is 9.86. The summed E-state index contributed by atoms with van der Waals surface area (Å²) < 4.78 is 56.3. The highest BCUT2D eigenvalue weighted by molar-refractivity contribution is 5.62. The second-order valence-electron chi connectivity index (χ2n) is 7.89. The van der Waals surface area contributed by atoms with Gasteiger partial charge in [0.1, 0.15) is 17.4 Å². The molecule has 1 saturated heterocycles. The maximum Gasteiger partial charge on any atom is 0.399 e. The van der Waals surface area contributed by atoms with Gasteiger partial charge >= 0.3 is 6.18 Å². The van der Waals surface area contributed by atoms with Crippen molar-refractivity contribution in [2.45, 2.75) is 43.1 Å². The lowest BCUT2D eigenvalue weighted by Gasteiger charge is -2.28. The molecule has 158 valence electrons. The number of alkyl halides is 4. The minimum Gasteiger partial charge on any atom is -0.363 e. The highest BCUT2D eigenvalue weighted by Crippen LogP contribution is 2.58. The van der Waals surface area contributed by atoms with Crippen molar-refractivity contribution < 1.29 is 17.6 Å². The number of nitrogens with one attached hydrogen (secondary N) is 2. The van der Waals surface area contributed by atoms with Gasteiger partial charge in [0.15, 0.2) is 5.65 Å². The van der Waals surface area contributed by atoms with Gasteiger partial charge in [0.25, 0.3) is 0 Å². The number of halogens is 4. The Morgan fingerprint density at radius 2 is 2.00 bits per heavy atom.